The van der Waals surface area contributed by atoms with Crippen LogP contribution in [0.1, 0.15) is 25.3 Å². The Kier molecular flexibility index (Phi) is 7.10. The number of carboxylic acid groups (broad SMARTS) is 1. The number of hydrogen-bond acceptors (Lipinski definition) is 2. The van der Waals surface area contributed by atoms with Crippen LogP contribution in [0.5, 0.6) is 0 Å². The van der Waals surface area contributed by atoms with Crippen LogP contribution in [0.15, 0.2) is 12.1 Å². The molecule has 6 heteroatoms. The zero-order valence-electron chi connectivity index (χ0n) is 11.2. The van der Waals surface area contributed by atoms with Gasteiger partial charge in [-0.2, -0.15) is 0 Å². The van der Waals surface area contributed by atoms with Gasteiger partial charge in [0.1, 0.15) is 0 Å². The van der Waals surface area contributed by atoms with E-state index in [1.165, 1.54) is 0 Å². The van der Waals surface area contributed by atoms with Crippen molar-refractivity contribution in [3.63, 3.8) is 0 Å². The fourth-order valence-corrected chi connectivity index (χ4v) is 2.76. The Morgan fingerprint density at radius 2 is 1.95 bits per heavy atom. The van der Waals surface area contributed by atoms with E-state index in [2.05, 4.69) is 0 Å². The highest BCUT2D eigenvalue weighted by Crippen LogP contribution is 2.34. The average Bonchev–Trinajstić information content (AvgIpc) is 2.42. The minimum atomic E-state index is -0.855. The summed E-state index contributed by atoms with van der Waals surface area (Å²) in [6.07, 6.45) is 2.04. The topological polar surface area (TPSA) is 63.3 Å². The summed E-state index contributed by atoms with van der Waals surface area (Å²) in [5.74, 6) is -1.19. The Hall–Kier alpha value is -0.480. The second-order valence-corrected chi connectivity index (χ2v) is 5.98. The smallest absolute Gasteiger partial charge is 0.307 e. The number of nitrogens with two attached hydrogens (primary N) is 1. The van der Waals surface area contributed by atoms with Crippen LogP contribution >= 0.6 is 34.8 Å². The van der Waals surface area contributed by atoms with E-state index < -0.39 is 11.9 Å². The highest BCUT2D eigenvalue weighted by atomic mass is 35.5. The van der Waals surface area contributed by atoms with Gasteiger partial charge in [0.2, 0.25) is 0 Å². The van der Waals surface area contributed by atoms with E-state index in [0.717, 1.165) is 12.0 Å². The molecule has 1 aromatic carbocycles. The maximum atomic E-state index is 11.1. The third kappa shape index (κ3) is 4.52. The monoisotopic (exact) mass is 337 g/mol. The molecule has 20 heavy (non-hydrogen) atoms. The predicted octanol–water partition coefficient (Wildman–Crippen LogP) is 4.27. The molecule has 2 atom stereocenters. The molecule has 0 heterocycles. The summed E-state index contributed by atoms with van der Waals surface area (Å²) in [6, 6.07) is 3.53. The summed E-state index contributed by atoms with van der Waals surface area (Å²) in [4.78, 5) is 11.1. The van der Waals surface area contributed by atoms with E-state index in [0.29, 0.717) is 27.9 Å². The van der Waals surface area contributed by atoms with E-state index in [1.807, 2.05) is 13.0 Å². The number of benzene rings is 1. The predicted molar refractivity (Wildman–Crippen MR) is 83.8 cm³/mol. The van der Waals surface area contributed by atoms with Gasteiger partial charge in [-0.3, -0.25) is 4.79 Å². The van der Waals surface area contributed by atoms with Gasteiger partial charge in [-0.25, -0.2) is 0 Å². The van der Waals surface area contributed by atoms with E-state index in [1.54, 1.807) is 6.07 Å². The fraction of sp³-hybridized carbons (Fsp3) is 0.500. The molecule has 112 valence electrons. The van der Waals surface area contributed by atoms with Gasteiger partial charge in [-0.15, -0.1) is 0 Å². The number of rotatable bonds is 7. The van der Waals surface area contributed by atoms with Crippen LogP contribution in [0, 0.1) is 11.8 Å². The molecule has 0 aliphatic carbocycles. The Morgan fingerprint density at radius 1 is 1.30 bits per heavy atom. The van der Waals surface area contributed by atoms with Crippen LogP contribution in [0.25, 0.3) is 0 Å². The first-order valence-electron chi connectivity index (χ1n) is 6.45. The van der Waals surface area contributed by atoms with Gasteiger partial charge < -0.3 is 10.8 Å². The zero-order valence-corrected chi connectivity index (χ0v) is 13.5. The lowest BCUT2D eigenvalue weighted by atomic mass is 9.87. The summed E-state index contributed by atoms with van der Waals surface area (Å²) in [7, 11) is 0. The summed E-state index contributed by atoms with van der Waals surface area (Å²) < 4.78 is 0. The number of halogens is 3. The lowest BCUT2D eigenvalue weighted by Crippen LogP contribution is -2.26. The van der Waals surface area contributed by atoms with Crippen molar-refractivity contribution >= 4 is 40.8 Å². The second-order valence-electron chi connectivity index (χ2n) is 4.82. The molecule has 0 saturated carbocycles. The van der Waals surface area contributed by atoms with Crippen LogP contribution in [-0.2, 0) is 11.2 Å². The third-order valence-electron chi connectivity index (χ3n) is 3.45. The first-order valence-corrected chi connectivity index (χ1v) is 7.59. The van der Waals surface area contributed by atoms with Crippen LogP contribution in [0.3, 0.4) is 0 Å². The van der Waals surface area contributed by atoms with Gasteiger partial charge in [-0.05, 0) is 30.4 Å². The van der Waals surface area contributed by atoms with Gasteiger partial charge in [0.05, 0.1) is 21.0 Å². The van der Waals surface area contributed by atoms with Crippen molar-refractivity contribution < 1.29 is 9.90 Å². The van der Waals surface area contributed by atoms with Crippen molar-refractivity contribution in [2.75, 3.05) is 6.54 Å². The SMILES string of the molecule is CCC(Cc1ccc(Cl)c(Cl)c1Cl)CC(CN)C(=O)O. The molecule has 2 unspecified atom stereocenters. The van der Waals surface area contributed by atoms with E-state index in [4.69, 9.17) is 45.6 Å². The molecule has 0 aliphatic rings. The Bertz CT molecular complexity index is 480. The molecule has 0 fully saturated rings. The minimum absolute atomic E-state index is 0.140. The summed E-state index contributed by atoms with van der Waals surface area (Å²) in [6.45, 7) is 2.16. The number of carbonyl (C=O) groups is 1. The van der Waals surface area contributed by atoms with E-state index in [-0.39, 0.29) is 12.5 Å². The average molecular weight is 339 g/mol. The Labute approximate surface area is 134 Å². The number of aliphatic carboxylic acids is 1. The summed E-state index contributed by atoms with van der Waals surface area (Å²) in [5, 5.41) is 10.3. The first kappa shape index (κ1) is 17.6. The van der Waals surface area contributed by atoms with Crippen molar-refractivity contribution in [3.05, 3.63) is 32.8 Å². The van der Waals surface area contributed by atoms with Gasteiger partial charge >= 0.3 is 5.97 Å². The maximum absolute atomic E-state index is 11.1. The minimum Gasteiger partial charge on any atom is -0.481 e. The Balaban J connectivity index is 2.84. The standard InChI is InChI=1S/C14H18Cl3NO2/c1-2-8(6-10(7-18)14(19)20)5-9-3-4-11(15)13(17)12(9)16/h3-4,8,10H,2,5-7,18H2,1H3,(H,19,20). The third-order valence-corrected chi connectivity index (χ3v) is 4.79. The highest BCUT2D eigenvalue weighted by molar-refractivity contribution is 6.48. The molecule has 0 amide bonds. The van der Waals surface area contributed by atoms with Crippen molar-refractivity contribution in [2.45, 2.75) is 26.2 Å². The van der Waals surface area contributed by atoms with Crippen molar-refractivity contribution in [1.29, 1.82) is 0 Å². The highest BCUT2D eigenvalue weighted by Gasteiger charge is 2.21. The maximum Gasteiger partial charge on any atom is 0.307 e. The normalized spacial score (nSPS) is 14.1. The lowest BCUT2D eigenvalue weighted by molar-refractivity contribution is -0.142. The van der Waals surface area contributed by atoms with Crippen LogP contribution in [0.2, 0.25) is 15.1 Å². The first-order chi connectivity index (χ1) is 9.40. The number of carboxylic acids is 1. The molecule has 0 radical (unpaired) electrons. The van der Waals surface area contributed by atoms with Gasteiger partial charge in [0.25, 0.3) is 0 Å². The molecular weight excluding hydrogens is 321 g/mol. The lowest BCUT2D eigenvalue weighted by Gasteiger charge is -2.20. The van der Waals surface area contributed by atoms with Crippen molar-refractivity contribution in [1.82, 2.24) is 0 Å². The molecule has 0 saturated heterocycles. The number of hydrogen-bond donors (Lipinski definition) is 2. The van der Waals surface area contributed by atoms with E-state index in [9.17, 15) is 4.79 Å². The van der Waals surface area contributed by atoms with Crippen LogP contribution in [-0.4, -0.2) is 17.6 Å². The van der Waals surface area contributed by atoms with Crippen molar-refractivity contribution in [2.24, 2.45) is 17.6 Å². The Morgan fingerprint density at radius 3 is 2.45 bits per heavy atom. The molecular formula is C14H18Cl3NO2. The van der Waals surface area contributed by atoms with Crippen LogP contribution < -0.4 is 5.73 Å². The molecule has 0 spiro atoms. The van der Waals surface area contributed by atoms with Crippen molar-refractivity contribution in [3.8, 4) is 0 Å². The molecule has 3 nitrogen and oxygen atoms in total. The zero-order chi connectivity index (χ0) is 15.3. The van der Waals surface area contributed by atoms with Gasteiger partial charge in [-0.1, -0.05) is 54.2 Å². The van der Waals surface area contributed by atoms with Gasteiger partial charge in [0.15, 0.2) is 0 Å². The summed E-state index contributed by atoms with van der Waals surface area (Å²) in [5.41, 5.74) is 6.38. The van der Waals surface area contributed by atoms with Gasteiger partial charge in [0, 0.05) is 6.54 Å². The molecule has 3 N–H and O–H groups in total. The van der Waals surface area contributed by atoms with E-state index >= 15 is 0 Å². The fourth-order valence-electron chi connectivity index (χ4n) is 2.13. The quantitative estimate of drug-likeness (QED) is 0.730. The second kappa shape index (κ2) is 8.08. The molecule has 1 aromatic rings. The molecule has 0 aromatic heterocycles. The molecule has 0 bridgehead atoms. The molecule has 1 rings (SSSR count). The van der Waals surface area contributed by atoms with Crippen LogP contribution in [0.4, 0.5) is 0 Å². The largest absolute Gasteiger partial charge is 0.481 e. The molecule has 0 aliphatic heterocycles. The summed E-state index contributed by atoms with van der Waals surface area (Å²) >= 11 is 18.1.